The van der Waals surface area contributed by atoms with Crippen LogP contribution in [0.15, 0.2) is 197 Å². The number of benzene rings is 9. The van der Waals surface area contributed by atoms with Gasteiger partial charge in [-0.2, -0.15) is 0 Å². The Morgan fingerprint density at radius 3 is 1.04 bits per heavy atom. The van der Waals surface area contributed by atoms with Crippen molar-refractivity contribution in [3.8, 4) is 0 Å². The first-order chi connectivity index (χ1) is 27.2. The molecule has 0 aliphatic rings. The monoisotopic (exact) mass is 706 g/mol. The number of nitrogens with zero attached hydrogens (tertiary/aromatic N) is 2. The van der Waals surface area contributed by atoms with Crippen molar-refractivity contribution in [1.82, 2.24) is 0 Å². The third-order valence-electron chi connectivity index (χ3n) is 10.9. The van der Waals surface area contributed by atoms with E-state index >= 15 is 0 Å². The van der Waals surface area contributed by atoms with Crippen LogP contribution in [-0.2, 0) is 0 Å². The fourth-order valence-corrected chi connectivity index (χ4v) is 8.39. The quantitative estimate of drug-likeness (QED) is 0.172. The van der Waals surface area contributed by atoms with Gasteiger partial charge in [-0.15, -0.1) is 0 Å². The molecule has 0 fully saturated rings. The molecule has 0 spiro atoms. The Kier molecular flexibility index (Phi) is 7.04. The van der Waals surface area contributed by atoms with Crippen molar-refractivity contribution < 1.29 is 8.83 Å². The number of fused-ring (bicyclic) bond motifs is 8. The van der Waals surface area contributed by atoms with Gasteiger partial charge in [0.1, 0.15) is 22.3 Å². The maximum absolute atomic E-state index is 6.64. The third-order valence-corrected chi connectivity index (χ3v) is 10.9. The molecule has 260 valence electrons. The summed E-state index contributed by atoms with van der Waals surface area (Å²) in [5.41, 5.74) is 11.2. The summed E-state index contributed by atoms with van der Waals surface area (Å²) in [6, 6.07) is 66.4. The first-order valence-electron chi connectivity index (χ1n) is 18.7. The predicted octanol–water partition coefficient (Wildman–Crippen LogP) is 15.0. The summed E-state index contributed by atoms with van der Waals surface area (Å²) in [6.45, 7) is 2.20. The maximum atomic E-state index is 6.64. The molecule has 0 N–H and O–H groups in total. The Balaban J connectivity index is 1.03. The Bertz CT molecular complexity index is 2910. The number of aryl methyl sites for hydroxylation is 1. The van der Waals surface area contributed by atoms with Crippen molar-refractivity contribution in [3.05, 3.63) is 194 Å². The summed E-state index contributed by atoms with van der Waals surface area (Å²) in [7, 11) is 0. The topological polar surface area (TPSA) is 32.8 Å². The van der Waals surface area contributed by atoms with Crippen LogP contribution < -0.4 is 9.80 Å². The van der Waals surface area contributed by atoms with E-state index < -0.39 is 0 Å². The van der Waals surface area contributed by atoms with E-state index in [4.69, 9.17) is 8.83 Å². The van der Waals surface area contributed by atoms with Gasteiger partial charge in [0.05, 0.1) is 0 Å². The molecular formula is C51H34N2O2. The summed E-state index contributed by atoms with van der Waals surface area (Å²) in [6.07, 6.45) is 0. The molecule has 4 heteroatoms. The van der Waals surface area contributed by atoms with E-state index in [-0.39, 0.29) is 0 Å². The van der Waals surface area contributed by atoms with Crippen LogP contribution in [0.2, 0.25) is 0 Å². The van der Waals surface area contributed by atoms with Crippen LogP contribution in [0.1, 0.15) is 5.56 Å². The van der Waals surface area contributed by atoms with Crippen molar-refractivity contribution in [3.63, 3.8) is 0 Å². The zero-order valence-corrected chi connectivity index (χ0v) is 30.1. The van der Waals surface area contributed by atoms with Gasteiger partial charge in [-0.1, -0.05) is 84.9 Å². The van der Waals surface area contributed by atoms with Gasteiger partial charge >= 0.3 is 0 Å². The van der Waals surface area contributed by atoms with Crippen LogP contribution >= 0.6 is 0 Å². The summed E-state index contributed by atoms with van der Waals surface area (Å²) in [4.78, 5) is 4.58. The van der Waals surface area contributed by atoms with Gasteiger partial charge in [-0.25, -0.2) is 0 Å². The molecule has 0 amide bonds. The third kappa shape index (κ3) is 5.14. The summed E-state index contributed by atoms with van der Waals surface area (Å²) < 4.78 is 13.3. The second-order valence-corrected chi connectivity index (χ2v) is 14.2. The average molecular weight is 707 g/mol. The van der Waals surface area contributed by atoms with Crippen molar-refractivity contribution in [2.45, 2.75) is 6.92 Å². The fraction of sp³-hybridized carbons (Fsp3) is 0.0196. The van der Waals surface area contributed by atoms with Crippen molar-refractivity contribution in [2.24, 2.45) is 0 Å². The second-order valence-electron chi connectivity index (χ2n) is 14.2. The molecule has 2 aromatic heterocycles. The molecule has 2 heterocycles. The molecule has 4 nitrogen and oxygen atoms in total. The molecule has 9 aromatic carbocycles. The molecule has 0 aliphatic carbocycles. The molecule has 11 rings (SSSR count). The molecule has 0 aliphatic heterocycles. The van der Waals surface area contributed by atoms with Gasteiger partial charge in [-0.3, -0.25) is 0 Å². The highest BCUT2D eigenvalue weighted by molar-refractivity contribution is 6.21. The van der Waals surface area contributed by atoms with Crippen LogP contribution in [0.5, 0.6) is 0 Å². The number of furan rings is 2. The average Bonchev–Trinajstić information content (AvgIpc) is 3.78. The van der Waals surface area contributed by atoms with Gasteiger partial charge in [0, 0.05) is 61.7 Å². The molecule has 0 saturated heterocycles. The predicted molar refractivity (Wildman–Crippen MR) is 230 cm³/mol. The van der Waals surface area contributed by atoms with E-state index in [1.165, 1.54) is 10.8 Å². The van der Waals surface area contributed by atoms with E-state index in [2.05, 4.69) is 205 Å². The summed E-state index contributed by atoms with van der Waals surface area (Å²) in [5.74, 6) is 0. The van der Waals surface area contributed by atoms with Gasteiger partial charge in [0.25, 0.3) is 0 Å². The highest BCUT2D eigenvalue weighted by Gasteiger charge is 2.20. The minimum atomic E-state index is 0.831. The van der Waals surface area contributed by atoms with Crippen molar-refractivity contribution in [1.29, 1.82) is 0 Å². The minimum absolute atomic E-state index is 0.831. The van der Waals surface area contributed by atoms with E-state index in [1.807, 2.05) is 0 Å². The van der Waals surface area contributed by atoms with Crippen LogP contribution in [0.25, 0.3) is 65.4 Å². The molecule has 0 unspecified atom stereocenters. The number of hydrogen-bond acceptors (Lipinski definition) is 4. The number of anilines is 6. The lowest BCUT2D eigenvalue weighted by molar-refractivity contribution is 0.656. The molecule has 55 heavy (non-hydrogen) atoms. The van der Waals surface area contributed by atoms with E-state index in [9.17, 15) is 0 Å². The van der Waals surface area contributed by atoms with Crippen LogP contribution in [0.4, 0.5) is 34.1 Å². The molecule has 11 aromatic rings. The van der Waals surface area contributed by atoms with Crippen LogP contribution in [-0.4, -0.2) is 0 Å². The molecule has 0 saturated carbocycles. The Labute approximate surface area is 317 Å². The van der Waals surface area contributed by atoms with Crippen molar-refractivity contribution in [2.75, 3.05) is 9.80 Å². The maximum Gasteiger partial charge on any atom is 0.139 e. The minimum Gasteiger partial charge on any atom is -0.456 e. The first-order valence-corrected chi connectivity index (χ1v) is 18.7. The van der Waals surface area contributed by atoms with Crippen molar-refractivity contribution >= 4 is 99.5 Å². The van der Waals surface area contributed by atoms with E-state index in [0.717, 1.165) is 94.3 Å². The van der Waals surface area contributed by atoms with Crippen LogP contribution in [0, 0.1) is 6.92 Å². The number of hydrogen-bond donors (Lipinski definition) is 0. The summed E-state index contributed by atoms with van der Waals surface area (Å²) in [5, 5.41) is 9.05. The largest absolute Gasteiger partial charge is 0.456 e. The van der Waals surface area contributed by atoms with Gasteiger partial charge in [0.2, 0.25) is 0 Å². The van der Waals surface area contributed by atoms with Gasteiger partial charge in [0.15, 0.2) is 0 Å². The number of para-hydroxylation sites is 4. The zero-order chi connectivity index (χ0) is 36.5. The van der Waals surface area contributed by atoms with Crippen LogP contribution in [0.3, 0.4) is 0 Å². The fourth-order valence-electron chi connectivity index (χ4n) is 8.39. The number of rotatable bonds is 6. The highest BCUT2D eigenvalue weighted by Crippen LogP contribution is 2.44. The lowest BCUT2D eigenvalue weighted by atomic mass is 9.98. The van der Waals surface area contributed by atoms with Gasteiger partial charge in [-0.05, 0) is 131 Å². The Morgan fingerprint density at radius 2 is 0.673 bits per heavy atom. The summed E-state index contributed by atoms with van der Waals surface area (Å²) >= 11 is 0. The standard InChI is InChI=1S/C51H34N2O2/c1-33-50-44-28-34-22-24-42(52(38-14-6-2-7-15-38)39-16-8-3-9-17-39)26-36(34)30-46(44)54-48(50)32-49-51(33)45-29-35-23-25-43(27-37(35)31-47(45)55-49)53(40-18-10-4-11-19-40)41-20-12-5-13-21-41/h2-32H,1H3. The highest BCUT2D eigenvalue weighted by atomic mass is 16.3. The Morgan fingerprint density at radius 1 is 0.309 bits per heavy atom. The lowest BCUT2D eigenvalue weighted by Gasteiger charge is -2.25. The Hall–Kier alpha value is -7.30. The normalized spacial score (nSPS) is 11.7. The zero-order valence-electron chi connectivity index (χ0n) is 30.1. The second kappa shape index (κ2) is 12.4. The van der Waals surface area contributed by atoms with E-state index in [0.29, 0.717) is 0 Å². The first kappa shape index (κ1) is 31.2. The molecule has 0 atom stereocenters. The van der Waals surface area contributed by atoms with E-state index in [1.54, 1.807) is 0 Å². The van der Waals surface area contributed by atoms with Gasteiger partial charge < -0.3 is 18.6 Å². The SMILES string of the molecule is Cc1c2c(cc3oc4cc5cc(N(c6ccccc6)c6ccccc6)ccc5cc4c13)oc1cc3cc(N(c4ccccc4)c4ccccc4)ccc3cc12. The smallest absolute Gasteiger partial charge is 0.139 e. The lowest BCUT2D eigenvalue weighted by Crippen LogP contribution is -2.09. The molecular weight excluding hydrogens is 673 g/mol. The molecule has 0 bridgehead atoms. The molecule has 0 radical (unpaired) electrons.